The number of ketones is 1. The molecule has 13 heteroatoms. The van der Waals surface area contributed by atoms with Gasteiger partial charge >= 0.3 is 6.03 Å². The second kappa shape index (κ2) is 14.6. The molecule has 46 heavy (non-hydrogen) atoms. The van der Waals surface area contributed by atoms with Crippen molar-refractivity contribution in [2.75, 3.05) is 25.1 Å². The molecule has 0 bridgehead atoms. The summed E-state index contributed by atoms with van der Waals surface area (Å²) in [5.74, 6) is -2.55. The number of rotatable bonds is 14. The molecule has 5 atom stereocenters. The smallest absolute Gasteiger partial charge is 0.315 e. The van der Waals surface area contributed by atoms with E-state index in [-0.39, 0.29) is 41.3 Å². The van der Waals surface area contributed by atoms with E-state index in [1.165, 1.54) is 4.90 Å². The Morgan fingerprint density at radius 2 is 1.57 bits per heavy atom. The van der Waals surface area contributed by atoms with E-state index in [2.05, 4.69) is 35.1 Å². The van der Waals surface area contributed by atoms with Gasteiger partial charge in [0, 0.05) is 19.3 Å². The summed E-state index contributed by atoms with van der Waals surface area (Å²) in [5.41, 5.74) is -1.46. The molecule has 2 aliphatic carbocycles. The summed E-state index contributed by atoms with van der Waals surface area (Å²) in [6, 6.07) is -3.45. The molecule has 0 radical (unpaired) electrons. The molecular weight excluding hydrogens is 610 g/mol. The van der Waals surface area contributed by atoms with Crippen LogP contribution in [0.25, 0.3) is 0 Å². The Labute approximate surface area is 275 Å². The zero-order chi connectivity index (χ0) is 34.7. The van der Waals surface area contributed by atoms with Crippen LogP contribution in [0.4, 0.5) is 4.79 Å². The molecule has 1 aliphatic heterocycles. The highest BCUT2D eigenvalue weighted by molar-refractivity contribution is 7.90. The first kappa shape index (κ1) is 37.8. The Morgan fingerprint density at radius 3 is 2.11 bits per heavy atom. The molecule has 1 heterocycles. The minimum atomic E-state index is -3.39. The summed E-state index contributed by atoms with van der Waals surface area (Å²) in [5, 5.41) is 11.2. The summed E-state index contributed by atoms with van der Waals surface area (Å²) in [6.45, 7) is 14.4. The first-order valence-electron chi connectivity index (χ1n) is 16.9. The molecule has 3 rings (SSSR count). The van der Waals surface area contributed by atoms with Crippen molar-refractivity contribution < 1.29 is 32.4 Å². The van der Waals surface area contributed by atoms with Gasteiger partial charge in [0.25, 0.3) is 5.91 Å². The van der Waals surface area contributed by atoms with Crippen LogP contribution in [0.15, 0.2) is 0 Å². The van der Waals surface area contributed by atoms with E-state index in [0.29, 0.717) is 38.8 Å². The van der Waals surface area contributed by atoms with E-state index in [9.17, 15) is 32.4 Å². The van der Waals surface area contributed by atoms with Crippen LogP contribution in [0, 0.1) is 22.7 Å². The van der Waals surface area contributed by atoms with Crippen LogP contribution in [0.2, 0.25) is 0 Å². The quantitative estimate of drug-likeness (QED) is 0.206. The number of likely N-dealkylation sites (tertiary alicyclic amines) is 1. The van der Waals surface area contributed by atoms with E-state index >= 15 is 0 Å². The lowest BCUT2D eigenvalue weighted by Crippen LogP contribution is -2.62. The molecule has 3 fully saturated rings. The zero-order valence-electron chi connectivity index (χ0n) is 29.1. The predicted molar refractivity (Wildman–Crippen MR) is 176 cm³/mol. The Balaban J connectivity index is 1.84. The number of urea groups is 1. The first-order valence-corrected chi connectivity index (χ1v) is 19.0. The average Bonchev–Trinajstić information content (AvgIpc) is 3.25. The Hall–Kier alpha value is -2.70. The van der Waals surface area contributed by atoms with Crippen LogP contribution < -0.4 is 21.3 Å². The molecule has 262 valence electrons. The first-order chi connectivity index (χ1) is 21.2. The fourth-order valence-corrected chi connectivity index (χ4v) is 8.96. The van der Waals surface area contributed by atoms with Gasteiger partial charge in [-0.25, -0.2) is 13.2 Å². The maximum absolute atomic E-state index is 14.3. The Morgan fingerprint density at radius 1 is 0.935 bits per heavy atom. The number of nitrogens with one attached hydrogen (secondary N) is 4. The standard InChI is InChI=1S/C33H57N5O7S/c1-9-14-22(26(39)28(41)34-17-10-2)35-27(40)25-24-21(32(24,6)7)19-38(25)29(42)23(18-31(3,4)5)36-30(43)37-33(20-46(8,44)45)15-12-11-13-16-33/h21-25H,9-20H2,1-8H3,(H,34,41)(H,35,40)(H2,36,37,43)/t21?,22?,23?,24?,25-/m0/s1. The van der Waals surface area contributed by atoms with Crippen LogP contribution in [0.3, 0.4) is 0 Å². The number of Topliss-reactive ketones (excluding diaryl/α,β-unsaturated/α-hetero) is 1. The van der Waals surface area contributed by atoms with E-state index in [0.717, 1.165) is 25.5 Å². The van der Waals surface area contributed by atoms with E-state index < -0.39 is 63.0 Å². The zero-order valence-corrected chi connectivity index (χ0v) is 29.9. The van der Waals surface area contributed by atoms with Crippen LogP contribution in [0.1, 0.15) is 106 Å². The molecule has 1 saturated heterocycles. The monoisotopic (exact) mass is 667 g/mol. The molecule has 3 aliphatic rings. The summed E-state index contributed by atoms with van der Waals surface area (Å²) in [7, 11) is -3.39. The number of hydrogen-bond acceptors (Lipinski definition) is 7. The van der Waals surface area contributed by atoms with Crippen LogP contribution >= 0.6 is 0 Å². The fourth-order valence-electron chi connectivity index (χ4n) is 7.60. The van der Waals surface area contributed by atoms with Gasteiger partial charge in [0.15, 0.2) is 0 Å². The Bertz CT molecular complexity index is 1270. The third-order valence-corrected chi connectivity index (χ3v) is 11.0. The number of piperidine rings is 1. The van der Waals surface area contributed by atoms with Crippen molar-refractivity contribution in [2.24, 2.45) is 22.7 Å². The maximum Gasteiger partial charge on any atom is 0.315 e. The number of carbonyl (C=O) groups excluding carboxylic acids is 5. The lowest BCUT2D eigenvalue weighted by molar-refractivity contribution is -0.144. The maximum atomic E-state index is 14.3. The highest BCUT2D eigenvalue weighted by Crippen LogP contribution is 2.65. The van der Waals surface area contributed by atoms with Crippen molar-refractivity contribution >= 4 is 39.4 Å². The van der Waals surface area contributed by atoms with Crippen molar-refractivity contribution in [3.63, 3.8) is 0 Å². The van der Waals surface area contributed by atoms with Crippen molar-refractivity contribution in [1.29, 1.82) is 0 Å². The van der Waals surface area contributed by atoms with Crippen molar-refractivity contribution in [3.05, 3.63) is 0 Å². The fraction of sp³-hybridized carbons (Fsp3) is 0.848. The van der Waals surface area contributed by atoms with Gasteiger partial charge in [-0.3, -0.25) is 19.2 Å². The van der Waals surface area contributed by atoms with Crippen LogP contribution in [0.5, 0.6) is 0 Å². The van der Waals surface area contributed by atoms with Gasteiger partial charge in [-0.05, 0) is 54.8 Å². The van der Waals surface area contributed by atoms with Gasteiger partial charge in [0.2, 0.25) is 17.6 Å². The van der Waals surface area contributed by atoms with E-state index in [1.807, 2.05) is 34.6 Å². The molecule has 12 nitrogen and oxygen atoms in total. The summed E-state index contributed by atoms with van der Waals surface area (Å²) >= 11 is 0. The predicted octanol–water partition coefficient (Wildman–Crippen LogP) is 2.70. The minimum absolute atomic E-state index is 0.0739. The highest BCUT2D eigenvalue weighted by atomic mass is 32.2. The number of fused-ring (bicyclic) bond motifs is 1. The molecule has 4 unspecified atom stereocenters. The summed E-state index contributed by atoms with van der Waals surface area (Å²) in [4.78, 5) is 68.7. The largest absolute Gasteiger partial charge is 0.349 e. The van der Waals surface area contributed by atoms with Gasteiger partial charge in [0.05, 0.1) is 17.3 Å². The second-order valence-corrected chi connectivity index (χ2v) is 17.8. The summed E-state index contributed by atoms with van der Waals surface area (Å²) < 4.78 is 24.6. The second-order valence-electron chi connectivity index (χ2n) is 15.7. The van der Waals surface area contributed by atoms with Gasteiger partial charge in [0.1, 0.15) is 21.9 Å². The summed E-state index contributed by atoms with van der Waals surface area (Å²) in [6.07, 6.45) is 6.59. The van der Waals surface area contributed by atoms with Crippen molar-refractivity contribution in [1.82, 2.24) is 26.2 Å². The van der Waals surface area contributed by atoms with E-state index in [1.54, 1.807) is 0 Å². The molecule has 0 aromatic carbocycles. The van der Waals surface area contributed by atoms with Gasteiger partial charge in [-0.15, -0.1) is 0 Å². The minimum Gasteiger partial charge on any atom is -0.349 e. The topological polar surface area (TPSA) is 171 Å². The molecule has 2 saturated carbocycles. The lowest BCUT2D eigenvalue weighted by atomic mass is 9.83. The average molecular weight is 668 g/mol. The number of sulfone groups is 1. The SMILES string of the molecule is CCCNC(=O)C(=O)C(CCC)NC(=O)[C@@H]1C2C(CN1C(=O)C(CC(C)(C)C)NC(=O)NC1(CS(C)(=O)=O)CCCCC1)C2(C)C. The molecule has 5 amide bonds. The van der Waals surface area contributed by atoms with E-state index in [4.69, 9.17) is 0 Å². The van der Waals surface area contributed by atoms with Gasteiger partial charge < -0.3 is 26.2 Å². The number of carbonyl (C=O) groups is 5. The molecular formula is C33H57N5O7S. The van der Waals surface area contributed by atoms with Crippen molar-refractivity contribution in [2.45, 2.75) is 130 Å². The van der Waals surface area contributed by atoms with Crippen molar-refractivity contribution in [3.8, 4) is 0 Å². The van der Waals surface area contributed by atoms with Crippen LogP contribution in [-0.4, -0.2) is 91.6 Å². The highest BCUT2D eigenvalue weighted by Gasteiger charge is 2.69. The number of hydrogen-bond donors (Lipinski definition) is 4. The molecule has 0 aromatic rings. The molecule has 0 spiro atoms. The lowest BCUT2D eigenvalue weighted by Gasteiger charge is -2.39. The third kappa shape index (κ3) is 9.44. The third-order valence-electron chi connectivity index (χ3n) is 9.88. The number of amides is 5. The normalized spacial score (nSPS) is 24.6. The van der Waals surface area contributed by atoms with Gasteiger partial charge in [-0.2, -0.15) is 0 Å². The number of nitrogens with zero attached hydrogens (tertiary/aromatic N) is 1. The molecule has 4 N–H and O–H groups in total. The van der Waals surface area contributed by atoms with Gasteiger partial charge in [-0.1, -0.05) is 74.1 Å². The van der Waals surface area contributed by atoms with Crippen LogP contribution in [-0.2, 0) is 29.0 Å². The Kier molecular flexibility index (Phi) is 12.0. The molecule has 0 aromatic heterocycles.